The van der Waals surface area contributed by atoms with Gasteiger partial charge in [0.25, 0.3) is 5.56 Å². The lowest BCUT2D eigenvalue weighted by atomic mass is 9.87. The van der Waals surface area contributed by atoms with Gasteiger partial charge in [-0.3, -0.25) is 9.36 Å². The number of nitrogens with one attached hydrogen (secondary N) is 1. The van der Waals surface area contributed by atoms with Crippen molar-refractivity contribution in [1.82, 2.24) is 14.9 Å². The summed E-state index contributed by atoms with van der Waals surface area (Å²) in [5.74, 6) is 0. The summed E-state index contributed by atoms with van der Waals surface area (Å²) in [6, 6.07) is 8.65. The number of benzene rings is 1. The summed E-state index contributed by atoms with van der Waals surface area (Å²) in [6.45, 7) is 1.81. The van der Waals surface area contributed by atoms with Gasteiger partial charge in [-0.15, -0.1) is 11.3 Å². The molecule has 2 aliphatic rings. The van der Waals surface area contributed by atoms with Crippen molar-refractivity contribution in [3.63, 3.8) is 0 Å². The zero-order valence-corrected chi connectivity index (χ0v) is 14.2. The average molecular weight is 337 g/mol. The van der Waals surface area contributed by atoms with Gasteiger partial charge in [0.05, 0.1) is 17.8 Å². The number of aromatic nitrogens is 2. The van der Waals surface area contributed by atoms with Gasteiger partial charge >= 0.3 is 0 Å². The lowest BCUT2D eigenvalue weighted by molar-refractivity contribution is 0.475. The van der Waals surface area contributed by atoms with Crippen molar-refractivity contribution in [3.05, 3.63) is 62.5 Å². The topological polar surface area (TPSA) is 46.9 Å². The maximum atomic E-state index is 13.3. The Hall–Kier alpha value is -1.98. The summed E-state index contributed by atoms with van der Waals surface area (Å²) in [7, 11) is 0. The largest absolute Gasteiger partial charge is 0.312 e. The fourth-order valence-electron chi connectivity index (χ4n) is 4.17. The molecule has 5 heteroatoms. The molecule has 2 aromatic heterocycles. The first-order valence-corrected chi connectivity index (χ1v) is 9.44. The summed E-state index contributed by atoms with van der Waals surface area (Å²) in [5.41, 5.74) is 4.03. The molecule has 4 nitrogen and oxygen atoms in total. The highest BCUT2D eigenvalue weighted by Gasteiger charge is 2.25. The Bertz CT molecular complexity index is 988. The van der Waals surface area contributed by atoms with Gasteiger partial charge in [-0.1, -0.05) is 24.3 Å². The van der Waals surface area contributed by atoms with Crippen LogP contribution in [0, 0.1) is 0 Å². The lowest BCUT2D eigenvalue weighted by Gasteiger charge is -2.27. The Morgan fingerprint density at radius 3 is 3.12 bits per heavy atom. The predicted octanol–water partition coefficient (Wildman–Crippen LogP) is 3.03. The molecule has 3 aromatic rings. The maximum Gasteiger partial charge on any atom is 0.262 e. The minimum absolute atomic E-state index is 0.122. The molecule has 0 amide bonds. The molecule has 1 N–H and O–H groups in total. The first-order chi connectivity index (χ1) is 11.8. The molecule has 5 rings (SSSR count). The van der Waals surface area contributed by atoms with E-state index < -0.39 is 0 Å². The number of thiophene rings is 1. The van der Waals surface area contributed by atoms with E-state index in [4.69, 9.17) is 0 Å². The standard InChI is InChI=1S/C19H19N3OS/c23-19-17-14-8-9-20-10-16(14)24-18(17)21-11-22(19)15-7-3-5-12-4-1-2-6-13(12)15/h1-2,4,6,11,15,20H,3,5,7-10H2. The second-order valence-electron chi connectivity index (χ2n) is 6.67. The second-order valence-corrected chi connectivity index (χ2v) is 7.76. The molecule has 0 radical (unpaired) electrons. The Kier molecular flexibility index (Phi) is 3.31. The number of aryl methyl sites for hydroxylation is 1. The summed E-state index contributed by atoms with van der Waals surface area (Å²) < 4.78 is 1.88. The molecule has 1 aromatic carbocycles. The van der Waals surface area contributed by atoms with Crippen LogP contribution in [0.25, 0.3) is 10.2 Å². The van der Waals surface area contributed by atoms with Crippen LogP contribution in [0.4, 0.5) is 0 Å². The zero-order chi connectivity index (χ0) is 16.1. The van der Waals surface area contributed by atoms with Crippen molar-refractivity contribution in [2.45, 2.75) is 38.3 Å². The van der Waals surface area contributed by atoms with E-state index in [1.165, 1.54) is 21.6 Å². The van der Waals surface area contributed by atoms with Crippen LogP contribution in [0.15, 0.2) is 35.4 Å². The number of fused-ring (bicyclic) bond motifs is 4. The summed E-state index contributed by atoms with van der Waals surface area (Å²) in [6.07, 6.45) is 5.94. The smallest absolute Gasteiger partial charge is 0.262 e. The van der Waals surface area contributed by atoms with Crippen molar-refractivity contribution < 1.29 is 0 Å². The van der Waals surface area contributed by atoms with Gasteiger partial charge < -0.3 is 5.32 Å². The summed E-state index contributed by atoms with van der Waals surface area (Å²) in [4.78, 5) is 20.1. The number of nitrogens with zero attached hydrogens (tertiary/aromatic N) is 2. The SMILES string of the molecule is O=c1c2c3c(sc2ncn1C1CCCc2ccccc21)CNCC3. The molecule has 122 valence electrons. The van der Waals surface area contributed by atoms with E-state index in [-0.39, 0.29) is 11.6 Å². The minimum Gasteiger partial charge on any atom is -0.312 e. The predicted molar refractivity (Wildman–Crippen MR) is 96.8 cm³/mol. The molecule has 1 aliphatic carbocycles. The van der Waals surface area contributed by atoms with Crippen molar-refractivity contribution >= 4 is 21.6 Å². The molecular weight excluding hydrogens is 318 g/mol. The van der Waals surface area contributed by atoms with Gasteiger partial charge in [0.1, 0.15) is 4.83 Å². The van der Waals surface area contributed by atoms with Crippen LogP contribution in [-0.2, 0) is 19.4 Å². The van der Waals surface area contributed by atoms with E-state index in [9.17, 15) is 4.79 Å². The maximum absolute atomic E-state index is 13.3. The molecule has 0 saturated carbocycles. The van der Waals surface area contributed by atoms with E-state index in [2.05, 4.69) is 34.6 Å². The number of hydrogen-bond donors (Lipinski definition) is 1. The first kappa shape index (κ1) is 14.4. The molecule has 0 saturated heterocycles. The van der Waals surface area contributed by atoms with Crippen LogP contribution in [0.1, 0.15) is 40.5 Å². The number of hydrogen-bond acceptors (Lipinski definition) is 4. The molecule has 24 heavy (non-hydrogen) atoms. The van der Waals surface area contributed by atoms with Crippen LogP contribution in [0.3, 0.4) is 0 Å². The fraction of sp³-hybridized carbons (Fsp3) is 0.368. The molecule has 3 heterocycles. The average Bonchev–Trinajstić information content (AvgIpc) is 3.01. The Balaban J connectivity index is 1.72. The quantitative estimate of drug-likeness (QED) is 0.742. The third kappa shape index (κ3) is 2.08. The third-order valence-corrected chi connectivity index (χ3v) is 6.47. The van der Waals surface area contributed by atoms with Crippen LogP contribution in [0.5, 0.6) is 0 Å². The van der Waals surface area contributed by atoms with E-state index in [1.54, 1.807) is 17.7 Å². The highest BCUT2D eigenvalue weighted by atomic mass is 32.1. The Morgan fingerprint density at radius 2 is 2.17 bits per heavy atom. The fourth-order valence-corrected chi connectivity index (χ4v) is 5.31. The molecule has 1 atom stereocenters. The first-order valence-electron chi connectivity index (χ1n) is 8.63. The zero-order valence-electron chi connectivity index (χ0n) is 13.4. The summed E-state index contributed by atoms with van der Waals surface area (Å²) in [5, 5.41) is 4.25. The van der Waals surface area contributed by atoms with E-state index >= 15 is 0 Å². The van der Waals surface area contributed by atoms with Gasteiger partial charge in [-0.05, 0) is 48.9 Å². The monoisotopic (exact) mass is 337 g/mol. The van der Waals surface area contributed by atoms with Crippen LogP contribution in [0.2, 0.25) is 0 Å². The highest BCUT2D eigenvalue weighted by Crippen LogP contribution is 2.34. The lowest BCUT2D eigenvalue weighted by Crippen LogP contribution is -2.29. The molecule has 0 bridgehead atoms. The van der Waals surface area contributed by atoms with E-state index in [0.717, 1.165) is 49.0 Å². The van der Waals surface area contributed by atoms with Crippen molar-refractivity contribution in [1.29, 1.82) is 0 Å². The van der Waals surface area contributed by atoms with Gasteiger partial charge in [0.15, 0.2) is 0 Å². The molecule has 0 fully saturated rings. The van der Waals surface area contributed by atoms with Gasteiger partial charge in [0, 0.05) is 11.4 Å². The highest BCUT2D eigenvalue weighted by molar-refractivity contribution is 7.18. The Morgan fingerprint density at radius 1 is 1.25 bits per heavy atom. The van der Waals surface area contributed by atoms with Gasteiger partial charge in [-0.2, -0.15) is 0 Å². The van der Waals surface area contributed by atoms with Crippen molar-refractivity contribution in [2.24, 2.45) is 0 Å². The van der Waals surface area contributed by atoms with E-state index in [1.807, 2.05) is 4.57 Å². The normalized spacial score (nSPS) is 19.9. The van der Waals surface area contributed by atoms with Crippen LogP contribution in [-0.4, -0.2) is 16.1 Å². The number of rotatable bonds is 1. The molecular formula is C19H19N3OS. The van der Waals surface area contributed by atoms with Crippen molar-refractivity contribution in [2.75, 3.05) is 6.54 Å². The van der Waals surface area contributed by atoms with Crippen LogP contribution < -0.4 is 10.9 Å². The molecule has 1 unspecified atom stereocenters. The summed E-state index contributed by atoms with van der Waals surface area (Å²) >= 11 is 1.67. The van der Waals surface area contributed by atoms with Gasteiger partial charge in [-0.25, -0.2) is 4.98 Å². The second kappa shape index (κ2) is 5.53. The minimum atomic E-state index is 0.122. The Labute approximate surface area is 144 Å². The third-order valence-electron chi connectivity index (χ3n) is 5.33. The van der Waals surface area contributed by atoms with Crippen LogP contribution >= 0.6 is 11.3 Å². The van der Waals surface area contributed by atoms with Gasteiger partial charge in [0.2, 0.25) is 0 Å². The van der Waals surface area contributed by atoms with E-state index in [0.29, 0.717) is 0 Å². The molecule has 1 aliphatic heterocycles. The molecule has 0 spiro atoms. The van der Waals surface area contributed by atoms with Crippen molar-refractivity contribution in [3.8, 4) is 0 Å².